The minimum atomic E-state index is -1.04. The van der Waals surface area contributed by atoms with Crippen molar-refractivity contribution in [2.45, 2.75) is 12.5 Å². The first-order chi connectivity index (χ1) is 14.0. The molecule has 1 atom stereocenters. The summed E-state index contributed by atoms with van der Waals surface area (Å²) in [6.07, 6.45) is 0.668. The predicted octanol–water partition coefficient (Wildman–Crippen LogP) is 2.48. The summed E-state index contributed by atoms with van der Waals surface area (Å²) >= 11 is 0. The molecule has 2 amide bonds. The van der Waals surface area contributed by atoms with Crippen molar-refractivity contribution in [3.63, 3.8) is 0 Å². The summed E-state index contributed by atoms with van der Waals surface area (Å²) in [6.45, 7) is 3.24. The minimum Gasteiger partial charge on any atom is -0.371 e. The Bertz CT molecular complexity index is 848. The summed E-state index contributed by atoms with van der Waals surface area (Å²) in [5.41, 5.74) is 0.761. The Morgan fingerprint density at radius 2 is 1.90 bits per heavy atom. The zero-order chi connectivity index (χ0) is 20.6. The predicted molar refractivity (Wildman–Crippen MR) is 104 cm³/mol. The molecule has 0 aromatic heterocycles. The molecule has 6 nitrogen and oxygen atoms in total. The molecule has 0 bridgehead atoms. The molecule has 2 aromatic carbocycles. The van der Waals surface area contributed by atoms with E-state index >= 15 is 0 Å². The number of nitrogens with one attached hydrogen (secondary N) is 2. The number of carbonyl (C=O) groups excluding carboxylic acids is 2. The quantitative estimate of drug-likeness (QED) is 0.574. The van der Waals surface area contributed by atoms with Gasteiger partial charge in [0.25, 0.3) is 0 Å². The third kappa shape index (κ3) is 6.07. The summed E-state index contributed by atoms with van der Waals surface area (Å²) in [6, 6.07) is 12.6. The van der Waals surface area contributed by atoms with Gasteiger partial charge in [0.15, 0.2) is 0 Å². The molecule has 0 spiro atoms. The highest BCUT2D eigenvalue weighted by Gasteiger charge is 2.21. The van der Waals surface area contributed by atoms with Gasteiger partial charge in [0.05, 0.1) is 18.4 Å². The molecule has 0 radical (unpaired) electrons. The molecule has 2 N–H and O–H groups in total. The molecule has 0 aliphatic carbocycles. The molecule has 1 heterocycles. The summed E-state index contributed by atoms with van der Waals surface area (Å²) in [4.78, 5) is 25.9. The number of halogens is 2. The Labute approximate surface area is 167 Å². The molecule has 1 aliphatic rings. The van der Waals surface area contributed by atoms with E-state index in [2.05, 4.69) is 15.5 Å². The highest BCUT2D eigenvalue weighted by molar-refractivity contribution is 6.39. The lowest BCUT2D eigenvalue weighted by atomic mass is 10.1. The maximum absolute atomic E-state index is 13.5. The fraction of sp³-hybridized carbons (Fsp3) is 0.333. The maximum atomic E-state index is 13.5. The van der Waals surface area contributed by atoms with Crippen LogP contribution >= 0.6 is 0 Å². The zero-order valence-corrected chi connectivity index (χ0v) is 15.9. The first-order valence-corrected chi connectivity index (χ1v) is 9.46. The molecule has 1 saturated heterocycles. The van der Waals surface area contributed by atoms with Crippen molar-refractivity contribution in [3.8, 4) is 0 Å². The van der Waals surface area contributed by atoms with E-state index in [9.17, 15) is 18.4 Å². The van der Waals surface area contributed by atoms with E-state index in [1.165, 1.54) is 0 Å². The van der Waals surface area contributed by atoms with E-state index < -0.39 is 23.4 Å². The van der Waals surface area contributed by atoms with Crippen LogP contribution in [0.3, 0.4) is 0 Å². The summed E-state index contributed by atoms with van der Waals surface area (Å²) in [7, 11) is 0. The molecular weight excluding hydrogens is 380 g/mol. The normalized spacial score (nSPS) is 17.0. The lowest BCUT2D eigenvalue weighted by Gasteiger charge is -2.33. The highest BCUT2D eigenvalue weighted by atomic mass is 19.1. The SMILES string of the molecule is O=C(NCCCN1CCOC(c2ccccc2)C1)C(=O)Nc1cc(F)ccc1F. The number of morpholine rings is 1. The van der Waals surface area contributed by atoms with Gasteiger partial charge in [-0.05, 0) is 24.1 Å². The van der Waals surface area contributed by atoms with Crippen LogP contribution < -0.4 is 10.6 Å². The third-order valence-corrected chi connectivity index (χ3v) is 4.64. The Balaban J connectivity index is 1.39. The van der Waals surface area contributed by atoms with Crippen molar-refractivity contribution < 1.29 is 23.1 Å². The number of rotatable bonds is 6. The Hall–Kier alpha value is -2.84. The first kappa shape index (κ1) is 20.9. The summed E-state index contributed by atoms with van der Waals surface area (Å²) < 4.78 is 32.5. The lowest BCUT2D eigenvalue weighted by molar-refractivity contribution is -0.136. The molecule has 2 aromatic rings. The fourth-order valence-electron chi connectivity index (χ4n) is 3.13. The number of anilines is 1. The van der Waals surface area contributed by atoms with Crippen LogP contribution in [0.4, 0.5) is 14.5 Å². The molecule has 29 heavy (non-hydrogen) atoms. The van der Waals surface area contributed by atoms with Crippen molar-refractivity contribution >= 4 is 17.5 Å². The van der Waals surface area contributed by atoms with Crippen LogP contribution in [-0.4, -0.2) is 49.5 Å². The number of ether oxygens (including phenoxy) is 1. The fourth-order valence-corrected chi connectivity index (χ4v) is 3.13. The number of nitrogens with zero attached hydrogens (tertiary/aromatic N) is 1. The molecule has 1 aliphatic heterocycles. The molecule has 1 unspecified atom stereocenters. The van der Waals surface area contributed by atoms with Crippen LogP contribution in [0.2, 0.25) is 0 Å². The van der Waals surface area contributed by atoms with Crippen molar-refractivity contribution in [2.24, 2.45) is 0 Å². The van der Waals surface area contributed by atoms with Crippen molar-refractivity contribution in [2.75, 3.05) is 38.1 Å². The van der Waals surface area contributed by atoms with Crippen molar-refractivity contribution in [3.05, 3.63) is 65.7 Å². The van der Waals surface area contributed by atoms with E-state index in [0.717, 1.165) is 43.4 Å². The summed E-state index contributed by atoms with van der Waals surface area (Å²) in [5.74, 6) is -3.45. The van der Waals surface area contributed by atoms with E-state index in [1.54, 1.807) is 0 Å². The standard InChI is InChI=1S/C21H23F2N3O3/c22-16-7-8-17(23)18(13-16)25-21(28)20(27)24-9-4-10-26-11-12-29-19(14-26)15-5-2-1-3-6-15/h1-3,5-8,13,19H,4,9-12,14H2,(H,24,27)(H,25,28). The van der Waals surface area contributed by atoms with Gasteiger partial charge < -0.3 is 15.4 Å². The molecule has 0 saturated carbocycles. The van der Waals surface area contributed by atoms with Gasteiger partial charge in [0.1, 0.15) is 11.6 Å². The van der Waals surface area contributed by atoms with Gasteiger partial charge in [-0.15, -0.1) is 0 Å². The highest BCUT2D eigenvalue weighted by Crippen LogP contribution is 2.21. The smallest absolute Gasteiger partial charge is 0.313 e. The van der Waals surface area contributed by atoms with E-state index in [-0.39, 0.29) is 11.8 Å². The van der Waals surface area contributed by atoms with Crippen LogP contribution in [0.15, 0.2) is 48.5 Å². The van der Waals surface area contributed by atoms with Gasteiger partial charge in [-0.3, -0.25) is 14.5 Å². The van der Waals surface area contributed by atoms with Gasteiger partial charge in [0, 0.05) is 32.2 Å². The molecule has 154 valence electrons. The van der Waals surface area contributed by atoms with Gasteiger partial charge in [0.2, 0.25) is 0 Å². The van der Waals surface area contributed by atoms with Crippen LogP contribution in [0.25, 0.3) is 0 Å². The number of amides is 2. The minimum absolute atomic E-state index is 0.0199. The van der Waals surface area contributed by atoms with Crippen LogP contribution in [0, 0.1) is 11.6 Å². The van der Waals surface area contributed by atoms with Crippen LogP contribution in [0.1, 0.15) is 18.1 Å². The second kappa shape index (κ2) is 10.1. The Kier molecular flexibility index (Phi) is 7.26. The molecule has 1 fully saturated rings. The van der Waals surface area contributed by atoms with E-state index in [0.29, 0.717) is 19.6 Å². The first-order valence-electron chi connectivity index (χ1n) is 9.46. The van der Waals surface area contributed by atoms with E-state index in [4.69, 9.17) is 4.74 Å². The number of hydrogen-bond donors (Lipinski definition) is 2. The Morgan fingerprint density at radius 1 is 1.10 bits per heavy atom. The Morgan fingerprint density at radius 3 is 2.69 bits per heavy atom. The summed E-state index contributed by atoms with van der Waals surface area (Å²) in [5, 5.41) is 4.57. The van der Waals surface area contributed by atoms with E-state index in [1.807, 2.05) is 30.3 Å². The number of carbonyl (C=O) groups is 2. The van der Waals surface area contributed by atoms with Gasteiger partial charge >= 0.3 is 11.8 Å². The molecular formula is C21H23F2N3O3. The van der Waals surface area contributed by atoms with Gasteiger partial charge in [-0.25, -0.2) is 8.78 Å². The average molecular weight is 403 g/mol. The van der Waals surface area contributed by atoms with Gasteiger partial charge in [-0.1, -0.05) is 30.3 Å². The average Bonchev–Trinajstić information content (AvgIpc) is 2.74. The monoisotopic (exact) mass is 403 g/mol. The number of benzene rings is 2. The molecule has 8 heteroatoms. The van der Waals surface area contributed by atoms with Crippen molar-refractivity contribution in [1.29, 1.82) is 0 Å². The second-order valence-electron chi connectivity index (χ2n) is 6.76. The van der Waals surface area contributed by atoms with Crippen molar-refractivity contribution in [1.82, 2.24) is 10.2 Å². The zero-order valence-electron chi connectivity index (χ0n) is 15.9. The lowest BCUT2D eigenvalue weighted by Crippen LogP contribution is -2.41. The topological polar surface area (TPSA) is 70.7 Å². The number of hydrogen-bond acceptors (Lipinski definition) is 4. The van der Waals surface area contributed by atoms with Gasteiger partial charge in [-0.2, -0.15) is 0 Å². The molecule has 3 rings (SSSR count). The van der Waals surface area contributed by atoms with Crippen LogP contribution in [0.5, 0.6) is 0 Å². The third-order valence-electron chi connectivity index (χ3n) is 4.64. The maximum Gasteiger partial charge on any atom is 0.313 e. The second-order valence-corrected chi connectivity index (χ2v) is 6.76. The van der Waals surface area contributed by atoms with Crippen LogP contribution in [-0.2, 0) is 14.3 Å². The largest absolute Gasteiger partial charge is 0.371 e.